The third-order valence-corrected chi connectivity index (χ3v) is 5.29. The molecule has 3 nitrogen and oxygen atoms in total. The standard InChI is InChI=1S/C22H26F2N2O/c1-14(2)26(3)13-16-6-4-15(5-7-16)12-25-22(27)20-11-19(20)18-9-8-17(23)10-21(18)24/h4-10,14,19-20H,11-13H2,1-3H3,(H,25,27)/t19-,20+/m0/s1. The molecule has 0 heterocycles. The van der Waals surface area contributed by atoms with E-state index in [-0.39, 0.29) is 17.7 Å². The largest absolute Gasteiger partial charge is 0.352 e. The molecule has 0 saturated heterocycles. The highest BCUT2D eigenvalue weighted by Gasteiger charge is 2.45. The second kappa shape index (κ2) is 8.17. The van der Waals surface area contributed by atoms with E-state index in [2.05, 4.69) is 43.2 Å². The minimum Gasteiger partial charge on any atom is -0.352 e. The molecule has 0 spiro atoms. The van der Waals surface area contributed by atoms with E-state index in [1.165, 1.54) is 17.7 Å². The molecule has 1 fully saturated rings. The summed E-state index contributed by atoms with van der Waals surface area (Å²) in [5.41, 5.74) is 2.69. The lowest BCUT2D eigenvalue weighted by Gasteiger charge is -2.21. The van der Waals surface area contributed by atoms with Gasteiger partial charge < -0.3 is 5.32 Å². The van der Waals surface area contributed by atoms with Crippen LogP contribution < -0.4 is 5.32 Å². The number of carbonyl (C=O) groups excluding carboxylic acids is 1. The molecule has 27 heavy (non-hydrogen) atoms. The Hall–Kier alpha value is -2.27. The van der Waals surface area contributed by atoms with Crippen molar-refractivity contribution in [1.29, 1.82) is 0 Å². The molecule has 0 aromatic heterocycles. The van der Waals surface area contributed by atoms with Gasteiger partial charge in [-0.1, -0.05) is 30.3 Å². The Labute approximate surface area is 159 Å². The zero-order chi connectivity index (χ0) is 19.6. The van der Waals surface area contributed by atoms with Crippen molar-refractivity contribution in [3.05, 3.63) is 70.8 Å². The van der Waals surface area contributed by atoms with Gasteiger partial charge in [-0.25, -0.2) is 8.78 Å². The molecule has 2 atom stereocenters. The molecule has 0 radical (unpaired) electrons. The van der Waals surface area contributed by atoms with Crippen LogP contribution in [0.25, 0.3) is 0 Å². The Morgan fingerprint density at radius 1 is 1.15 bits per heavy atom. The Morgan fingerprint density at radius 2 is 1.81 bits per heavy atom. The summed E-state index contributed by atoms with van der Waals surface area (Å²) in [5.74, 6) is -1.63. The van der Waals surface area contributed by atoms with Crippen molar-refractivity contribution in [3.8, 4) is 0 Å². The summed E-state index contributed by atoms with van der Waals surface area (Å²) in [7, 11) is 2.09. The van der Waals surface area contributed by atoms with E-state index in [4.69, 9.17) is 0 Å². The minimum atomic E-state index is -0.596. The van der Waals surface area contributed by atoms with Crippen LogP contribution in [-0.2, 0) is 17.9 Å². The van der Waals surface area contributed by atoms with E-state index in [1.54, 1.807) is 0 Å². The number of nitrogens with one attached hydrogen (secondary N) is 1. The molecule has 5 heteroatoms. The van der Waals surface area contributed by atoms with Gasteiger partial charge in [-0.3, -0.25) is 9.69 Å². The number of hydrogen-bond acceptors (Lipinski definition) is 2. The van der Waals surface area contributed by atoms with E-state index in [0.717, 1.165) is 18.2 Å². The van der Waals surface area contributed by atoms with Crippen LogP contribution in [0.4, 0.5) is 8.78 Å². The lowest BCUT2D eigenvalue weighted by Crippen LogP contribution is -2.26. The molecule has 0 aliphatic heterocycles. The predicted molar refractivity (Wildman–Crippen MR) is 102 cm³/mol. The zero-order valence-corrected chi connectivity index (χ0v) is 16.0. The monoisotopic (exact) mass is 372 g/mol. The Kier molecular flexibility index (Phi) is 5.90. The van der Waals surface area contributed by atoms with Gasteiger partial charge in [0, 0.05) is 31.1 Å². The smallest absolute Gasteiger partial charge is 0.224 e. The van der Waals surface area contributed by atoms with Gasteiger partial charge in [-0.15, -0.1) is 0 Å². The number of halogens is 2. The SMILES string of the molecule is CC(C)N(C)Cc1ccc(CNC(=O)[C@@H]2C[C@H]2c2ccc(F)cc2F)cc1. The molecule has 1 amide bonds. The third kappa shape index (κ3) is 4.92. The van der Waals surface area contributed by atoms with Crippen molar-refractivity contribution in [3.63, 3.8) is 0 Å². The highest BCUT2D eigenvalue weighted by molar-refractivity contribution is 5.82. The number of benzene rings is 2. The average molecular weight is 372 g/mol. The lowest BCUT2D eigenvalue weighted by atomic mass is 10.1. The summed E-state index contributed by atoms with van der Waals surface area (Å²) in [6.45, 7) is 5.66. The summed E-state index contributed by atoms with van der Waals surface area (Å²) in [6, 6.07) is 12.2. The minimum absolute atomic E-state index is 0.0765. The van der Waals surface area contributed by atoms with E-state index in [9.17, 15) is 13.6 Å². The molecular formula is C22H26F2N2O. The maximum absolute atomic E-state index is 13.8. The zero-order valence-electron chi connectivity index (χ0n) is 16.0. The van der Waals surface area contributed by atoms with E-state index < -0.39 is 11.6 Å². The van der Waals surface area contributed by atoms with E-state index >= 15 is 0 Å². The van der Waals surface area contributed by atoms with Crippen molar-refractivity contribution in [1.82, 2.24) is 10.2 Å². The van der Waals surface area contributed by atoms with Crippen LogP contribution in [-0.4, -0.2) is 23.9 Å². The van der Waals surface area contributed by atoms with Gasteiger partial charge in [-0.2, -0.15) is 0 Å². The highest BCUT2D eigenvalue weighted by atomic mass is 19.1. The van der Waals surface area contributed by atoms with Gasteiger partial charge in [0.05, 0.1) is 0 Å². The molecule has 0 unspecified atom stereocenters. The summed E-state index contributed by atoms with van der Waals surface area (Å²) in [6.07, 6.45) is 0.606. The maximum atomic E-state index is 13.8. The fourth-order valence-corrected chi connectivity index (χ4v) is 3.18. The number of amides is 1. The molecular weight excluding hydrogens is 346 g/mol. The first-order chi connectivity index (χ1) is 12.8. The predicted octanol–water partition coefficient (Wildman–Crippen LogP) is 4.22. The molecule has 1 saturated carbocycles. The van der Waals surface area contributed by atoms with Crippen LogP contribution in [0.3, 0.4) is 0 Å². The van der Waals surface area contributed by atoms with Gasteiger partial charge in [0.15, 0.2) is 0 Å². The lowest BCUT2D eigenvalue weighted by molar-refractivity contribution is -0.122. The summed E-state index contributed by atoms with van der Waals surface area (Å²) >= 11 is 0. The van der Waals surface area contributed by atoms with Crippen LogP contribution in [0.5, 0.6) is 0 Å². The Morgan fingerprint density at radius 3 is 2.44 bits per heavy atom. The van der Waals surface area contributed by atoms with Gasteiger partial charge in [-0.05, 0) is 56.0 Å². The number of nitrogens with zero attached hydrogens (tertiary/aromatic N) is 1. The first-order valence-corrected chi connectivity index (χ1v) is 9.36. The van der Waals surface area contributed by atoms with Gasteiger partial charge in [0.2, 0.25) is 5.91 Å². The van der Waals surface area contributed by atoms with Crippen molar-refractivity contribution >= 4 is 5.91 Å². The number of hydrogen-bond donors (Lipinski definition) is 1. The topological polar surface area (TPSA) is 32.3 Å². The first kappa shape index (κ1) is 19.5. The van der Waals surface area contributed by atoms with Crippen molar-refractivity contribution in [2.45, 2.75) is 45.3 Å². The van der Waals surface area contributed by atoms with Crippen molar-refractivity contribution < 1.29 is 13.6 Å². The molecule has 2 aromatic rings. The van der Waals surface area contributed by atoms with Crippen LogP contribution in [0.2, 0.25) is 0 Å². The quantitative estimate of drug-likeness (QED) is 0.789. The Bertz CT molecular complexity index is 804. The fraction of sp³-hybridized carbons (Fsp3) is 0.409. The van der Waals surface area contributed by atoms with Crippen LogP contribution in [0.1, 0.15) is 42.9 Å². The molecule has 1 aliphatic rings. The summed E-state index contributed by atoms with van der Waals surface area (Å²) in [4.78, 5) is 14.6. The highest BCUT2D eigenvalue weighted by Crippen LogP contribution is 2.48. The molecule has 3 rings (SSSR count). The first-order valence-electron chi connectivity index (χ1n) is 9.36. The van der Waals surface area contributed by atoms with Crippen LogP contribution in [0, 0.1) is 17.6 Å². The van der Waals surface area contributed by atoms with Crippen LogP contribution >= 0.6 is 0 Å². The second-order valence-corrected chi connectivity index (χ2v) is 7.66. The van der Waals surface area contributed by atoms with Gasteiger partial charge >= 0.3 is 0 Å². The van der Waals surface area contributed by atoms with E-state index in [0.29, 0.717) is 24.6 Å². The van der Waals surface area contributed by atoms with Crippen molar-refractivity contribution in [2.75, 3.05) is 7.05 Å². The van der Waals surface area contributed by atoms with E-state index in [1.807, 2.05) is 12.1 Å². The molecule has 2 aromatic carbocycles. The summed E-state index contributed by atoms with van der Waals surface area (Å²) in [5, 5.41) is 2.92. The molecule has 144 valence electrons. The molecule has 0 bridgehead atoms. The van der Waals surface area contributed by atoms with Gasteiger partial charge in [0.25, 0.3) is 0 Å². The average Bonchev–Trinajstić information content (AvgIpc) is 3.41. The summed E-state index contributed by atoms with van der Waals surface area (Å²) < 4.78 is 26.8. The molecule has 1 aliphatic carbocycles. The Balaban J connectivity index is 1.50. The normalized spacial score (nSPS) is 18.8. The maximum Gasteiger partial charge on any atom is 0.224 e. The number of rotatable bonds is 7. The second-order valence-electron chi connectivity index (χ2n) is 7.66. The molecule has 1 N–H and O–H groups in total. The fourth-order valence-electron chi connectivity index (χ4n) is 3.18. The van der Waals surface area contributed by atoms with Crippen LogP contribution in [0.15, 0.2) is 42.5 Å². The van der Waals surface area contributed by atoms with Gasteiger partial charge in [0.1, 0.15) is 11.6 Å². The third-order valence-electron chi connectivity index (χ3n) is 5.29. The van der Waals surface area contributed by atoms with Crippen molar-refractivity contribution in [2.24, 2.45) is 5.92 Å². The number of carbonyl (C=O) groups is 1.